The van der Waals surface area contributed by atoms with Crippen LogP contribution < -0.4 is 10.5 Å². The molecule has 0 amide bonds. The molecule has 2 aromatic heterocycles. The first kappa shape index (κ1) is 13.4. The quantitative estimate of drug-likeness (QED) is 0.737. The summed E-state index contributed by atoms with van der Waals surface area (Å²) in [6.45, 7) is 2.03. The van der Waals surface area contributed by atoms with Gasteiger partial charge in [-0.2, -0.15) is 13.5 Å². The highest BCUT2D eigenvalue weighted by Crippen LogP contribution is 2.19. The fourth-order valence-corrected chi connectivity index (χ4v) is 2.99. The summed E-state index contributed by atoms with van der Waals surface area (Å²) < 4.78 is 28.0. The second-order valence-electron chi connectivity index (χ2n) is 4.18. The number of hydrogen-bond donors (Lipinski definition) is 3. The first-order valence-electron chi connectivity index (χ1n) is 5.78. The van der Waals surface area contributed by atoms with Gasteiger partial charge in [0.05, 0.1) is 6.33 Å². The smallest absolute Gasteiger partial charge is 0.282 e. The number of nitrogens with one attached hydrogen (secondary N) is 2. The Bertz CT molecular complexity index is 653. The average Bonchev–Trinajstić information content (AvgIpc) is 2.86. The number of aryl methyl sites for hydroxylation is 2. The van der Waals surface area contributed by atoms with Crippen molar-refractivity contribution < 1.29 is 8.42 Å². The zero-order valence-electron chi connectivity index (χ0n) is 10.7. The van der Waals surface area contributed by atoms with E-state index in [2.05, 4.69) is 19.9 Å². The number of imidazole rings is 1. The molecule has 9 heteroatoms. The van der Waals surface area contributed by atoms with Crippen molar-refractivity contribution in [2.24, 2.45) is 7.05 Å². The molecule has 8 nitrogen and oxygen atoms in total. The van der Waals surface area contributed by atoms with Crippen LogP contribution in [0.3, 0.4) is 0 Å². The van der Waals surface area contributed by atoms with Gasteiger partial charge in [0, 0.05) is 18.8 Å². The minimum atomic E-state index is -3.79. The SMILES string of the molecule is CCCc1cc(NS(=O)(=O)c2c(N)ncn2C)n[nH]1. The first-order chi connectivity index (χ1) is 8.94. The van der Waals surface area contributed by atoms with Crippen LogP contribution in [0.4, 0.5) is 11.6 Å². The normalized spacial score (nSPS) is 11.7. The van der Waals surface area contributed by atoms with Gasteiger partial charge in [-0.15, -0.1) is 0 Å². The third kappa shape index (κ3) is 2.70. The van der Waals surface area contributed by atoms with E-state index in [1.54, 1.807) is 13.1 Å². The number of sulfonamides is 1. The van der Waals surface area contributed by atoms with Crippen molar-refractivity contribution >= 4 is 21.7 Å². The first-order valence-corrected chi connectivity index (χ1v) is 7.26. The lowest BCUT2D eigenvalue weighted by Gasteiger charge is -2.06. The lowest BCUT2D eigenvalue weighted by Crippen LogP contribution is -2.17. The zero-order valence-corrected chi connectivity index (χ0v) is 11.5. The van der Waals surface area contributed by atoms with Gasteiger partial charge in [-0.3, -0.25) is 9.82 Å². The van der Waals surface area contributed by atoms with Gasteiger partial charge in [-0.25, -0.2) is 4.98 Å². The summed E-state index contributed by atoms with van der Waals surface area (Å²) in [7, 11) is -2.23. The molecule has 0 fully saturated rings. The molecular formula is C10H16N6O2S. The molecule has 0 aromatic carbocycles. The Balaban J connectivity index is 2.26. The molecule has 0 bridgehead atoms. The van der Waals surface area contributed by atoms with Crippen molar-refractivity contribution in [3.8, 4) is 0 Å². The van der Waals surface area contributed by atoms with Gasteiger partial charge in [0.2, 0.25) is 0 Å². The Labute approximate surface area is 111 Å². The molecule has 0 saturated heterocycles. The van der Waals surface area contributed by atoms with Crippen LogP contribution in [0.15, 0.2) is 17.4 Å². The summed E-state index contributed by atoms with van der Waals surface area (Å²) in [6.07, 6.45) is 3.10. The fraction of sp³-hybridized carbons (Fsp3) is 0.400. The molecule has 2 heterocycles. The highest BCUT2D eigenvalue weighted by atomic mass is 32.2. The lowest BCUT2D eigenvalue weighted by molar-refractivity contribution is 0.591. The Morgan fingerprint density at radius 2 is 2.26 bits per heavy atom. The van der Waals surface area contributed by atoms with Crippen molar-refractivity contribution in [2.45, 2.75) is 24.8 Å². The molecule has 0 spiro atoms. The summed E-state index contributed by atoms with van der Waals surface area (Å²) in [5.41, 5.74) is 6.43. The van der Waals surface area contributed by atoms with E-state index < -0.39 is 10.0 Å². The zero-order chi connectivity index (χ0) is 14.0. The molecule has 0 unspecified atom stereocenters. The number of anilines is 2. The molecule has 2 rings (SSSR count). The van der Waals surface area contributed by atoms with Gasteiger partial charge >= 0.3 is 0 Å². The van der Waals surface area contributed by atoms with E-state index in [9.17, 15) is 8.42 Å². The predicted octanol–water partition coefficient (Wildman–Crippen LogP) is 0.479. The van der Waals surface area contributed by atoms with E-state index in [1.807, 2.05) is 6.92 Å². The maximum atomic E-state index is 12.2. The summed E-state index contributed by atoms with van der Waals surface area (Å²) in [4.78, 5) is 3.75. The molecule has 0 aliphatic rings. The van der Waals surface area contributed by atoms with E-state index in [4.69, 9.17) is 5.73 Å². The summed E-state index contributed by atoms with van der Waals surface area (Å²) in [6, 6.07) is 1.66. The number of aromatic nitrogens is 4. The fourth-order valence-electron chi connectivity index (χ4n) is 1.76. The van der Waals surface area contributed by atoms with Crippen molar-refractivity contribution in [3.05, 3.63) is 18.1 Å². The van der Waals surface area contributed by atoms with Gasteiger partial charge in [-0.1, -0.05) is 13.3 Å². The molecule has 0 aliphatic carbocycles. The Morgan fingerprint density at radius 1 is 1.53 bits per heavy atom. The number of nitrogens with two attached hydrogens (primary N) is 1. The van der Waals surface area contributed by atoms with Gasteiger partial charge in [-0.05, 0) is 6.42 Å². The maximum Gasteiger partial charge on any atom is 0.282 e. The Hall–Kier alpha value is -2.03. The van der Waals surface area contributed by atoms with Gasteiger partial charge in [0.1, 0.15) is 0 Å². The van der Waals surface area contributed by atoms with E-state index in [-0.39, 0.29) is 16.7 Å². The molecule has 104 valence electrons. The largest absolute Gasteiger partial charge is 0.381 e. The van der Waals surface area contributed by atoms with Crippen molar-refractivity contribution in [1.29, 1.82) is 0 Å². The monoisotopic (exact) mass is 284 g/mol. The van der Waals surface area contributed by atoms with E-state index in [1.165, 1.54) is 10.9 Å². The molecule has 0 saturated carbocycles. The van der Waals surface area contributed by atoms with Gasteiger partial charge < -0.3 is 10.3 Å². The third-order valence-corrected chi connectivity index (χ3v) is 4.04. The number of H-pyrrole nitrogens is 1. The molecule has 0 aliphatic heterocycles. The van der Waals surface area contributed by atoms with Crippen LogP contribution in [0.5, 0.6) is 0 Å². The highest BCUT2D eigenvalue weighted by molar-refractivity contribution is 7.92. The second-order valence-corrected chi connectivity index (χ2v) is 5.78. The number of aromatic amines is 1. The van der Waals surface area contributed by atoms with Crippen molar-refractivity contribution in [1.82, 2.24) is 19.7 Å². The minimum absolute atomic E-state index is 0.0423. The predicted molar refractivity (Wildman–Crippen MR) is 71.0 cm³/mol. The van der Waals surface area contributed by atoms with Crippen LogP contribution in [0.25, 0.3) is 0 Å². The topological polar surface area (TPSA) is 119 Å². The molecule has 4 N–H and O–H groups in total. The number of nitrogens with zero attached hydrogens (tertiary/aromatic N) is 3. The summed E-state index contributed by atoms with van der Waals surface area (Å²) in [5, 5.41) is 6.60. The third-order valence-electron chi connectivity index (χ3n) is 2.55. The van der Waals surface area contributed by atoms with Gasteiger partial charge in [0.25, 0.3) is 10.0 Å². The van der Waals surface area contributed by atoms with Crippen LogP contribution >= 0.6 is 0 Å². The number of rotatable bonds is 5. The van der Waals surface area contributed by atoms with E-state index in [0.717, 1.165) is 18.5 Å². The van der Waals surface area contributed by atoms with Gasteiger partial charge in [0.15, 0.2) is 16.7 Å². The number of hydrogen-bond acceptors (Lipinski definition) is 5. The Morgan fingerprint density at radius 3 is 2.84 bits per heavy atom. The second kappa shape index (κ2) is 4.92. The van der Waals surface area contributed by atoms with E-state index >= 15 is 0 Å². The minimum Gasteiger partial charge on any atom is -0.381 e. The van der Waals surface area contributed by atoms with Crippen LogP contribution in [0.2, 0.25) is 0 Å². The summed E-state index contributed by atoms with van der Waals surface area (Å²) in [5.74, 6) is 0.198. The molecule has 19 heavy (non-hydrogen) atoms. The van der Waals surface area contributed by atoms with Crippen molar-refractivity contribution in [2.75, 3.05) is 10.5 Å². The van der Waals surface area contributed by atoms with Crippen LogP contribution in [0, 0.1) is 0 Å². The molecule has 0 atom stereocenters. The van der Waals surface area contributed by atoms with E-state index in [0.29, 0.717) is 0 Å². The standard InChI is InChI=1S/C10H16N6O2S/c1-3-4-7-5-8(14-13-7)15-19(17,18)10-9(11)12-6-16(10)2/h5-6H,3-4,11H2,1-2H3,(H2,13,14,15). The average molecular weight is 284 g/mol. The molecule has 0 radical (unpaired) electrons. The maximum absolute atomic E-state index is 12.2. The van der Waals surface area contributed by atoms with Crippen molar-refractivity contribution in [3.63, 3.8) is 0 Å². The number of nitrogen functional groups attached to an aromatic ring is 1. The molecule has 2 aromatic rings. The van der Waals surface area contributed by atoms with Crippen LogP contribution in [-0.4, -0.2) is 28.2 Å². The summed E-state index contributed by atoms with van der Waals surface area (Å²) >= 11 is 0. The molecular weight excluding hydrogens is 268 g/mol. The highest BCUT2D eigenvalue weighted by Gasteiger charge is 2.23. The Kier molecular flexibility index (Phi) is 3.47. The lowest BCUT2D eigenvalue weighted by atomic mass is 10.2. The van der Waals surface area contributed by atoms with Crippen LogP contribution in [-0.2, 0) is 23.5 Å². The van der Waals surface area contributed by atoms with Crippen LogP contribution in [0.1, 0.15) is 19.0 Å².